The summed E-state index contributed by atoms with van der Waals surface area (Å²) < 4.78 is 31.2. The summed E-state index contributed by atoms with van der Waals surface area (Å²) in [5, 5.41) is 4.03. The molecular formula is C17H14N3NaO7S2. The van der Waals surface area contributed by atoms with Crippen molar-refractivity contribution >= 4 is 74.8 Å². The van der Waals surface area contributed by atoms with Gasteiger partial charge < -0.3 is 5.32 Å². The number of imide groups is 1. The Labute approximate surface area is 197 Å². The Bertz CT molecular complexity index is 1110. The van der Waals surface area contributed by atoms with E-state index in [1.165, 1.54) is 12.1 Å². The molecule has 0 bridgehead atoms. The van der Waals surface area contributed by atoms with Crippen molar-refractivity contribution in [2.75, 3.05) is 6.54 Å². The van der Waals surface area contributed by atoms with E-state index in [9.17, 15) is 27.6 Å². The zero-order valence-corrected chi connectivity index (χ0v) is 16.1. The van der Waals surface area contributed by atoms with Crippen LogP contribution in [0.1, 0.15) is 31.6 Å². The van der Waals surface area contributed by atoms with Gasteiger partial charge in [0.1, 0.15) is 6.04 Å². The molecule has 1 aromatic carbocycles. The third kappa shape index (κ3) is 3.70. The number of nitrogens with zero attached hydrogens (tertiary/aromatic N) is 2. The number of fused-ring (bicyclic) bond motifs is 1. The van der Waals surface area contributed by atoms with Gasteiger partial charge in [0, 0.05) is 4.88 Å². The zero-order valence-electron chi connectivity index (χ0n) is 14.5. The average molecular weight is 459 g/mol. The number of amides is 4. The van der Waals surface area contributed by atoms with E-state index in [0.717, 1.165) is 16.2 Å². The van der Waals surface area contributed by atoms with Gasteiger partial charge in [0.25, 0.3) is 17.7 Å². The van der Waals surface area contributed by atoms with Gasteiger partial charge in [0.15, 0.2) is 6.04 Å². The van der Waals surface area contributed by atoms with Crippen molar-refractivity contribution in [1.82, 2.24) is 14.5 Å². The number of benzene rings is 1. The molecule has 152 valence electrons. The molecule has 2 atom stereocenters. The number of rotatable bonds is 5. The van der Waals surface area contributed by atoms with E-state index in [1.54, 1.807) is 29.6 Å². The van der Waals surface area contributed by atoms with Crippen molar-refractivity contribution in [1.29, 1.82) is 0 Å². The van der Waals surface area contributed by atoms with Gasteiger partial charge in [-0.05, 0) is 23.6 Å². The van der Waals surface area contributed by atoms with E-state index in [1.807, 2.05) is 0 Å². The number of hydrogen-bond donors (Lipinski definition) is 2. The Morgan fingerprint density at radius 1 is 1.10 bits per heavy atom. The monoisotopic (exact) mass is 459 g/mol. The number of hydrogen-bond acceptors (Lipinski definition) is 7. The van der Waals surface area contributed by atoms with Crippen LogP contribution in [0, 0.1) is 0 Å². The molecule has 10 nitrogen and oxygen atoms in total. The van der Waals surface area contributed by atoms with Gasteiger partial charge in [0.2, 0.25) is 5.91 Å². The van der Waals surface area contributed by atoms with Crippen LogP contribution < -0.4 is 5.32 Å². The Hall–Kier alpha value is -2.09. The second-order valence-electron chi connectivity index (χ2n) is 6.35. The molecule has 30 heavy (non-hydrogen) atoms. The van der Waals surface area contributed by atoms with Crippen LogP contribution in [0.25, 0.3) is 0 Å². The predicted molar refractivity (Wildman–Crippen MR) is 106 cm³/mol. The molecule has 0 aliphatic carbocycles. The molecule has 1 aromatic heterocycles. The van der Waals surface area contributed by atoms with Crippen molar-refractivity contribution in [2.45, 2.75) is 12.1 Å². The summed E-state index contributed by atoms with van der Waals surface area (Å²) in [6.45, 7) is -0.442. The van der Waals surface area contributed by atoms with E-state index >= 15 is 0 Å². The molecule has 0 saturated carbocycles. The summed E-state index contributed by atoms with van der Waals surface area (Å²) >= 11 is 1.15. The Morgan fingerprint density at radius 3 is 2.17 bits per heavy atom. The van der Waals surface area contributed by atoms with Crippen molar-refractivity contribution in [3.05, 3.63) is 57.8 Å². The van der Waals surface area contributed by atoms with E-state index in [4.69, 9.17) is 4.55 Å². The second kappa shape index (κ2) is 8.21. The summed E-state index contributed by atoms with van der Waals surface area (Å²) in [7, 11) is -4.70. The van der Waals surface area contributed by atoms with Crippen molar-refractivity contribution < 1.29 is 32.1 Å². The molecule has 2 N–H and O–H groups in total. The number of nitrogens with one attached hydrogen (secondary N) is 1. The van der Waals surface area contributed by atoms with Gasteiger partial charge in [-0.25, -0.2) is 4.31 Å². The first-order chi connectivity index (χ1) is 13.7. The fraction of sp³-hybridized carbons (Fsp3) is 0.176. The molecular weight excluding hydrogens is 445 g/mol. The SMILES string of the molecule is O=C(NC1CN(S(=O)(=O)O)C1=O)C(c1cccs1)N1C(=O)c2ccccc2C1=O.[NaH]. The molecule has 13 heteroatoms. The first-order valence-electron chi connectivity index (χ1n) is 8.30. The van der Waals surface area contributed by atoms with Crippen LogP contribution in [-0.2, 0) is 19.9 Å². The quantitative estimate of drug-likeness (QED) is 0.267. The fourth-order valence-corrected chi connectivity index (χ4v) is 4.73. The Balaban J connectivity index is 0.00000256. The zero-order chi connectivity index (χ0) is 20.9. The van der Waals surface area contributed by atoms with E-state index in [-0.39, 0.29) is 45.0 Å². The molecule has 1 saturated heterocycles. The summed E-state index contributed by atoms with van der Waals surface area (Å²) in [6.07, 6.45) is 0. The van der Waals surface area contributed by atoms with Crippen LogP contribution in [0.4, 0.5) is 0 Å². The van der Waals surface area contributed by atoms with Gasteiger partial charge in [0.05, 0.1) is 17.7 Å². The van der Waals surface area contributed by atoms with Crippen molar-refractivity contribution in [3.8, 4) is 0 Å². The van der Waals surface area contributed by atoms with Crippen molar-refractivity contribution in [2.24, 2.45) is 0 Å². The normalized spacial score (nSPS) is 19.1. The third-order valence-corrected chi connectivity index (χ3v) is 6.44. The van der Waals surface area contributed by atoms with Gasteiger partial charge in [-0.2, -0.15) is 8.42 Å². The van der Waals surface area contributed by atoms with Gasteiger partial charge in [-0.1, -0.05) is 18.2 Å². The summed E-state index contributed by atoms with van der Waals surface area (Å²) in [5.41, 5.74) is 0.341. The van der Waals surface area contributed by atoms with Gasteiger partial charge in [-0.3, -0.25) is 28.6 Å². The number of β-lactam (4-membered cyclic amide) rings is 1. The van der Waals surface area contributed by atoms with Crippen LogP contribution in [0.2, 0.25) is 0 Å². The predicted octanol–water partition coefficient (Wildman–Crippen LogP) is -0.433. The number of carbonyl (C=O) groups is 4. The molecule has 0 radical (unpaired) electrons. The average Bonchev–Trinajstić information content (AvgIpc) is 3.27. The minimum atomic E-state index is -4.70. The molecule has 2 aliphatic rings. The Kier molecular flexibility index (Phi) is 6.18. The molecule has 2 aliphatic heterocycles. The number of carbonyl (C=O) groups excluding carboxylic acids is 4. The molecule has 0 spiro atoms. The fourth-order valence-electron chi connectivity index (χ4n) is 3.22. The van der Waals surface area contributed by atoms with Crippen molar-refractivity contribution in [3.63, 3.8) is 0 Å². The maximum atomic E-state index is 12.9. The topological polar surface area (TPSA) is 141 Å². The minimum absolute atomic E-state index is 0. The first kappa shape index (κ1) is 22.6. The molecule has 1 fully saturated rings. The maximum absolute atomic E-state index is 12.9. The van der Waals surface area contributed by atoms with Crippen LogP contribution in [-0.4, -0.2) is 87.9 Å². The van der Waals surface area contributed by atoms with E-state index in [0.29, 0.717) is 4.88 Å². The van der Waals surface area contributed by atoms with Crippen LogP contribution in [0.15, 0.2) is 41.8 Å². The molecule has 4 amide bonds. The molecule has 4 rings (SSSR count). The Morgan fingerprint density at radius 2 is 1.70 bits per heavy atom. The first-order valence-corrected chi connectivity index (χ1v) is 10.6. The molecule has 2 unspecified atom stereocenters. The molecule has 3 heterocycles. The number of thiophene rings is 1. The second-order valence-corrected chi connectivity index (χ2v) is 8.67. The van der Waals surface area contributed by atoms with Crippen LogP contribution in [0.5, 0.6) is 0 Å². The summed E-state index contributed by atoms with van der Waals surface area (Å²) in [5.74, 6) is -3.10. The van der Waals surface area contributed by atoms with Gasteiger partial charge in [-0.15, -0.1) is 11.3 Å². The van der Waals surface area contributed by atoms with Crippen LogP contribution >= 0.6 is 11.3 Å². The third-order valence-electron chi connectivity index (χ3n) is 4.63. The summed E-state index contributed by atoms with van der Waals surface area (Å²) in [6, 6.07) is 6.88. The van der Waals surface area contributed by atoms with E-state index in [2.05, 4.69) is 5.32 Å². The molecule has 2 aromatic rings. The van der Waals surface area contributed by atoms with Crippen LogP contribution in [0.3, 0.4) is 0 Å². The van der Waals surface area contributed by atoms with Gasteiger partial charge >= 0.3 is 39.9 Å². The van der Waals surface area contributed by atoms with E-state index < -0.39 is 52.6 Å². The standard InChI is InChI=1S/C17H13N3O7S2.Na.H/c21-14(18-11-8-19(17(11)24)29(25,26)27)13(12-6-3-7-28-12)20-15(22)9-4-1-2-5-10(9)16(20)23;;/h1-7,11,13H,8H2,(H,18,21)(H,25,26,27);;. The summed E-state index contributed by atoms with van der Waals surface area (Å²) in [4.78, 5) is 51.7.